The van der Waals surface area contributed by atoms with Gasteiger partial charge in [-0.1, -0.05) is 0 Å². The standard InChI is InChI=1S/C9H8FN/c1-11-5-7-2-3-9(10)4-8(7)6-11/h2-6H,1H3. The van der Waals surface area contributed by atoms with Crippen LogP contribution in [-0.4, -0.2) is 4.57 Å². The third-order valence-electron chi connectivity index (χ3n) is 1.73. The lowest BCUT2D eigenvalue weighted by atomic mass is 10.2. The Labute approximate surface area is 64.1 Å². The van der Waals surface area contributed by atoms with E-state index < -0.39 is 0 Å². The van der Waals surface area contributed by atoms with Crippen LogP contribution in [0.2, 0.25) is 0 Å². The number of fused-ring (bicyclic) bond motifs is 1. The van der Waals surface area contributed by atoms with Crippen molar-refractivity contribution in [2.45, 2.75) is 0 Å². The Kier molecular flexibility index (Phi) is 1.22. The number of aromatic nitrogens is 1. The van der Waals surface area contributed by atoms with Gasteiger partial charge >= 0.3 is 0 Å². The van der Waals surface area contributed by atoms with E-state index in [1.807, 2.05) is 24.0 Å². The van der Waals surface area contributed by atoms with Gasteiger partial charge in [0.2, 0.25) is 0 Å². The summed E-state index contributed by atoms with van der Waals surface area (Å²) in [5.41, 5.74) is 0. The van der Waals surface area contributed by atoms with Gasteiger partial charge in [0, 0.05) is 24.8 Å². The van der Waals surface area contributed by atoms with E-state index in [4.69, 9.17) is 0 Å². The molecule has 0 spiro atoms. The van der Waals surface area contributed by atoms with Crippen molar-refractivity contribution >= 4 is 10.8 Å². The van der Waals surface area contributed by atoms with E-state index in [2.05, 4.69) is 0 Å². The van der Waals surface area contributed by atoms with Gasteiger partial charge in [-0.3, -0.25) is 0 Å². The van der Waals surface area contributed by atoms with Crippen molar-refractivity contribution in [1.29, 1.82) is 0 Å². The van der Waals surface area contributed by atoms with Crippen molar-refractivity contribution < 1.29 is 4.39 Å². The van der Waals surface area contributed by atoms with Gasteiger partial charge in [0.15, 0.2) is 0 Å². The predicted octanol–water partition coefficient (Wildman–Crippen LogP) is 2.32. The SMILES string of the molecule is Cn1cc2ccc(F)cc2c1. The molecule has 2 rings (SSSR count). The molecule has 1 nitrogen and oxygen atoms in total. The number of nitrogens with zero attached hydrogens (tertiary/aromatic N) is 1. The smallest absolute Gasteiger partial charge is 0.123 e. The summed E-state index contributed by atoms with van der Waals surface area (Å²) in [5.74, 6) is -0.177. The van der Waals surface area contributed by atoms with Crippen molar-refractivity contribution in [2.75, 3.05) is 0 Å². The molecule has 0 fully saturated rings. The number of hydrogen-bond donors (Lipinski definition) is 0. The number of benzene rings is 1. The van der Waals surface area contributed by atoms with Crippen molar-refractivity contribution in [1.82, 2.24) is 4.57 Å². The van der Waals surface area contributed by atoms with Gasteiger partial charge in [0.05, 0.1) is 0 Å². The third kappa shape index (κ3) is 1.00. The molecule has 2 heteroatoms. The molecular weight excluding hydrogens is 141 g/mol. The number of aryl methyl sites for hydroxylation is 1. The van der Waals surface area contributed by atoms with E-state index in [0.29, 0.717) is 0 Å². The second-order valence-corrected chi connectivity index (χ2v) is 2.70. The maximum atomic E-state index is 12.6. The third-order valence-corrected chi connectivity index (χ3v) is 1.73. The van der Waals surface area contributed by atoms with E-state index in [1.165, 1.54) is 12.1 Å². The maximum absolute atomic E-state index is 12.6. The summed E-state index contributed by atoms with van der Waals surface area (Å²) in [5, 5.41) is 2.03. The molecule has 1 aromatic carbocycles. The van der Waals surface area contributed by atoms with Crippen LogP contribution in [0.15, 0.2) is 30.6 Å². The minimum absolute atomic E-state index is 0.177. The first-order valence-corrected chi connectivity index (χ1v) is 3.47. The quantitative estimate of drug-likeness (QED) is 0.541. The zero-order valence-corrected chi connectivity index (χ0v) is 6.21. The van der Waals surface area contributed by atoms with Crippen molar-refractivity contribution in [3.05, 3.63) is 36.4 Å². The summed E-state index contributed by atoms with van der Waals surface area (Å²) >= 11 is 0. The van der Waals surface area contributed by atoms with Gasteiger partial charge in [0.25, 0.3) is 0 Å². The van der Waals surface area contributed by atoms with Crippen molar-refractivity contribution in [2.24, 2.45) is 7.05 Å². The molecule has 11 heavy (non-hydrogen) atoms. The average molecular weight is 149 g/mol. The molecule has 2 aromatic rings. The molecule has 0 N–H and O–H groups in total. The Morgan fingerprint density at radius 3 is 2.73 bits per heavy atom. The molecule has 0 bridgehead atoms. The van der Waals surface area contributed by atoms with Crippen LogP contribution in [0.1, 0.15) is 0 Å². The van der Waals surface area contributed by atoms with Gasteiger partial charge in [-0.05, 0) is 23.6 Å². The molecule has 0 aliphatic carbocycles. The Morgan fingerprint density at radius 1 is 1.18 bits per heavy atom. The highest BCUT2D eigenvalue weighted by atomic mass is 19.1. The van der Waals surface area contributed by atoms with E-state index in [1.54, 1.807) is 6.07 Å². The van der Waals surface area contributed by atoms with Crippen LogP contribution < -0.4 is 0 Å². The fourth-order valence-electron chi connectivity index (χ4n) is 1.25. The Hall–Kier alpha value is -1.31. The number of hydrogen-bond acceptors (Lipinski definition) is 0. The molecule has 0 aliphatic rings. The summed E-state index contributed by atoms with van der Waals surface area (Å²) in [6.07, 6.45) is 3.87. The fourth-order valence-corrected chi connectivity index (χ4v) is 1.25. The molecule has 0 radical (unpaired) electrons. The highest BCUT2D eigenvalue weighted by molar-refractivity contribution is 5.82. The molecule has 0 saturated carbocycles. The van der Waals surface area contributed by atoms with Gasteiger partial charge in [-0.2, -0.15) is 0 Å². The highest BCUT2D eigenvalue weighted by Gasteiger charge is 1.96. The van der Waals surface area contributed by atoms with E-state index in [0.717, 1.165) is 10.8 Å². The molecule has 56 valence electrons. The molecule has 1 heterocycles. The van der Waals surface area contributed by atoms with Crippen LogP contribution in [0, 0.1) is 5.82 Å². The lowest BCUT2D eigenvalue weighted by Gasteiger charge is -1.86. The number of rotatable bonds is 0. The van der Waals surface area contributed by atoms with Crippen LogP contribution in [0.5, 0.6) is 0 Å². The minimum atomic E-state index is -0.177. The molecule has 0 saturated heterocycles. The van der Waals surface area contributed by atoms with Gasteiger partial charge in [0.1, 0.15) is 5.82 Å². The van der Waals surface area contributed by atoms with Crippen molar-refractivity contribution in [3.8, 4) is 0 Å². The molecular formula is C9H8FN. The predicted molar refractivity (Wildman–Crippen MR) is 42.9 cm³/mol. The minimum Gasteiger partial charge on any atom is -0.356 e. The summed E-state index contributed by atoms with van der Waals surface area (Å²) in [6, 6.07) is 4.79. The molecule has 0 amide bonds. The summed E-state index contributed by atoms with van der Waals surface area (Å²) in [7, 11) is 1.93. The average Bonchev–Trinajstić information content (AvgIpc) is 2.27. The molecule has 1 aromatic heterocycles. The first-order valence-electron chi connectivity index (χ1n) is 3.47. The van der Waals surface area contributed by atoms with Crippen LogP contribution in [0.3, 0.4) is 0 Å². The Morgan fingerprint density at radius 2 is 1.91 bits per heavy atom. The maximum Gasteiger partial charge on any atom is 0.123 e. The highest BCUT2D eigenvalue weighted by Crippen LogP contribution is 2.15. The van der Waals surface area contributed by atoms with Gasteiger partial charge < -0.3 is 4.57 Å². The van der Waals surface area contributed by atoms with Crippen molar-refractivity contribution in [3.63, 3.8) is 0 Å². The first-order chi connectivity index (χ1) is 5.25. The Bertz CT molecular complexity index is 389. The molecule has 0 atom stereocenters. The van der Waals surface area contributed by atoms with Gasteiger partial charge in [-0.15, -0.1) is 0 Å². The summed E-state index contributed by atoms with van der Waals surface area (Å²) in [6.45, 7) is 0. The molecule has 0 unspecified atom stereocenters. The van der Waals surface area contributed by atoms with Crippen LogP contribution in [0.4, 0.5) is 4.39 Å². The fraction of sp³-hybridized carbons (Fsp3) is 0.111. The summed E-state index contributed by atoms with van der Waals surface area (Å²) in [4.78, 5) is 0. The normalized spacial score (nSPS) is 10.7. The van der Waals surface area contributed by atoms with E-state index in [9.17, 15) is 4.39 Å². The van der Waals surface area contributed by atoms with E-state index in [-0.39, 0.29) is 5.82 Å². The van der Waals surface area contributed by atoms with E-state index >= 15 is 0 Å². The lowest BCUT2D eigenvalue weighted by Crippen LogP contribution is -1.76. The second-order valence-electron chi connectivity index (χ2n) is 2.70. The zero-order chi connectivity index (χ0) is 7.84. The van der Waals surface area contributed by atoms with Crippen LogP contribution in [0.25, 0.3) is 10.8 Å². The monoisotopic (exact) mass is 149 g/mol. The Balaban J connectivity index is 2.82. The first kappa shape index (κ1) is 6.40. The lowest BCUT2D eigenvalue weighted by molar-refractivity contribution is 0.630. The molecule has 0 aliphatic heterocycles. The largest absolute Gasteiger partial charge is 0.356 e. The summed E-state index contributed by atoms with van der Waals surface area (Å²) < 4.78 is 14.6. The zero-order valence-electron chi connectivity index (χ0n) is 6.21. The van der Waals surface area contributed by atoms with Crippen LogP contribution in [-0.2, 0) is 7.05 Å². The van der Waals surface area contributed by atoms with Gasteiger partial charge in [-0.25, -0.2) is 4.39 Å². The topological polar surface area (TPSA) is 4.93 Å². The second kappa shape index (κ2) is 2.09. The van der Waals surface area contributed by atoms with Crippen LogP contribution >= 0.6 is 0 Å². The number of halogens is 1.